The normalized spacial score (nSPS) is 20.8. The number of aromatic nitrogens is 3. The molecule has 0 radical (unpaired) electrons. The maximum atomic E-state index is 17.1. The van der Waals surface area contributed by atoms with Crippen LogP contribution < -0.4 is 19.5 Å². The molecule has 5 aromatic rings. The van der Waals surface area contributed by atoms with Crippen LogP contribution in [0.5, 0.6) is 17.6 Å². The minimum atomic E-state index is -0.719. The smallest absolute Gasteiger partial charge is 0.417 e. The number of pyridine rings is 1. The number of fused-ring (bicyclic) bond motifs is 4. The number of piperazine rings is 1. The number of likely N-dealkylation sites (tertiary alicyclic amines) is 1. The van der Waals surface area contributed by atoms with Crippen LogP contribution in [0.3, 0.4) is 0 Å². The van der Waals surface area contributed by atoms with E-state index in [0.717, 1.165) is 42.0 Å². The summed E-state index contributed by atoms with van der Waals surface area (Å²) >= 11 is 0. The predicted octanol–water partition coefficient (Wildman–Crippen LogP) is 6.16. The van der Waals surface area contributed by atoms with Crippen LogP contribution in [0.2, 0.25) is 0 Å². The van der Waals surface area contributed by atoms with Gasteiger partial charge in [0.15, 0.2) is 12.6 Å². The lowest BCUT2D eigenvalue weighted by molar-refractivity contribution is 0.0381. The third-order valence-corrected chi connectivity index (χ3v) is 11.2. The molecule has 2 aromatic heterocycles. The van der Waals surface area contributed by atoms with Crippen LogP contribution in [0, 0.1) is 5.82 Å². The zero-order valence-corrected chi connectivity index (χ0v) is 31.7. The highest BCUT2D eigenvalue weighted by molar-refractivity contribution is 6.01. The third kappa shape index (κ3) is 7.43. The standard InChI is InChI=1S/C42H45FN6O7/c1-4-25-11-8-12-27-17-32(55-24-52-3)18-33(35(25)27)37-36(43)38-34(21-45-37)39(56-42(51)49-28-13-14-29(49)20-44-19-28)47-41(46-38)54-23-31-16-15-30(48(31)2)22-53-40(50)26-9-6-5-7-10-26/h5-12,17-18,21,28-31,44H,4,13-16,19-20,22-24H2,1-3H3/t28?,29?,30-,31-/m0/s1. The van der Waals surface area contributed by atoms with E-state index >= 15 is 4.39 Å². The molecule has 0 aliphatic carbocycles. The van der Waals surface area contributed by atoms with Crippen LogP contribution >= 0.6 is 0 Å². The highest BCUT2D eigenvalue weighted by atomic mass is 19.1. The molecule has 14 heteroatoms. The lowest BCUT2D eigenvalue weighted by Crippen LogP contribution is -2.55. The molecule has 8 rings (SSSR count). The van der Waals surface area contributed by atoms with Gasteiger partial charge in [-0.3, -0.25) is 14.8 Å². The first-order chi connectivity index (χ1) is 27.3. The second-order valence-corrected chi connectivity index (χ2v) is 14.5. The molecule has 0 saturated carbocycles. The Morgan fingerprint density at radius 3 is 2.45 bits per heavy atom. The van der Waals surface area contributed by atoms with Crippen molar-refractivity contribution in [3.8, 4) is 28.9 Å². The number of halogens is 1. The van der Waals surface area contributed by atoms with Crippen LogP contribution in [0.4, 0.5) is 9.18 Å². The molecule has 3 aromatic carbocycles. The summed E-state index contributed by atoms with van der Waals surface area (Å²) in [6.07, 6.45) is 4.88. The summed E-state index contributed by atoms with van der Waals surface area (Å²) in [4.78, 5) is 43.9. The minimum absolute atomic E-state index is 0.00185. The Morgan fingerprint density at radius 1 is 0.929 bits per heavy atom. The fourth-order valence-electron chi connectivity index (χ4n) is 8.21. The van der Waals surface area contributed by atoms with Gasteiger partial charge in [0.2, 0.25) is 5.88 Å². The van der Waals surface area contributed by atoms with Crippen molar-refractivity contribution in [2.45, 2.75) is 63.2 Å². The Hall–Kier alpha value is -5.44. The number of benzene rings is 3. The summed E-state index contributed by atoms with van der Waals surface area (Å²) in [6, 6.07) is 18.2. The molecule has 3 aliphatic rings. The fraction of sp³-hybridized carbons (Fsp3) is 0.405. The van der Waals surface area contributed by atoms with Gasteiger partial charge >= 0.3 is 18.1 Å². The number of nitrogens with one attached hydrogen (secondary N) is 1. The Kier molecular flexibility index (Phi) is 10.9. The monoisotopic (exact) mass is 764 g/mol. The molecule has 4 atom stereocenters. The highest BCUT2D eigenvalue weighted by Gasteiger charge is 2.41. The van der Waals surface area contributed by atoms with Crippen LogP contribution in [-0.2, 0) is 15.9 Å². The van der Waals surface area contributed by atoms with Crippen molar-refractivity contribution in [3.63, 3.8) is 0 Å². The number of methoxy groups -OCH3 is 1. The Bertz CT molecular complexity index is 2230. The topological polar surface area (TPSA) is 137 Å². The molecule has 292 valence electrons. The van der Waals surface area contributed by atoms with Crippen molar-refractivity contribution in [1.29, 1.82) is 0 Å². The molecule has 56 heavy (non-hydrogen) atoms. The van der Waals surface area contributed by atoms with E-state index in [2.05, 4.69) is 25.2 Å². The molecule has 3 aliphatic heterocycles. The van der Waals surface area contributed by atoms with E-state index < -0.39 is 11.9 Å². The minimum Gasteiger partial charge on any atom is -0.468 e. The van der Waals surface area contributed by atoms with E-state index in [1.54, 1.807) is 35.2 Å². The average molecular weight is 765 g/mol. The summed E-state index contributed by atoms with van der Waals surface area (Å²) in [7, 11) is 3.49. The number of esters is 1. The van der Waals surface area contributed by atoms with Crippen LogP contribution in [-0.4, -0.2) is 108 Å². The number of ether oxygens (including phenoxy) is 5. The first-order valence-corrected chi connectivity index (χ1v) is 19.1. The van der Waals surface area contributed by atoms with E-state index in [4.69, 9.17) is 23.7 Å². The molecule has 13 nitrogen and oxygen atoms in total. The molecule has 3 fully saturated rings. The number of aryl methyl sites for hydroxylation is 1. The molecule has 2 bridgehead atoms. The van der Waals surface area contributed by atoms with Crippen molar-refractivity contribution in [2.24, 2.45) is 0 Å². The van der Waals surface area contributed by atoms with E-state index in [1.165, 1.54) is 13.3 Å². The van der Waals surface area contributed by atoms with Gasteiger partial charge in [-0.25, -0.2) is 14.0 Å². The van der Waals surface area contributed by atoms with Crippen molar-refractivity contribution in [1.82, 2.24) is 30.1 Å². The molecule has 5 heterocycles. The molecular weight excluding hydrogens is 719 g/mol. The van der Waals surface area contributed by atoms with Gasteiger partial charge in [0.05, 0.1) is 10.9 Å². The SMILES string of the molecule is CCc1cccc2cc(OCOC)cc(-c3ncc4c(OC(=O)N5C6CCC5CNC6)nc(OC[C@@H]5CC[C@@H](COC(=O)c6ccccc6)N5C)nc4c3F)c12. The molecule has 3 saturated heterocycles. The fourth-order valence-corrected chi connectivity index (χ4v) is 8.21. The number of hydrogen-bond acceptors (Lipinski definition) is 12. The number of hydrogen-bond donors (Lipinski definition) is 1. The Labute approximate surface area is 324 Å². The number of amides is 1. The van der Waals surface area contributed by atoms with Gasteiger partial charge in [-0.05, 0) is 79.8 Å². The van der Waals surface area contributed by atoms with E-state index in [0.29, 0.717) is 36.4 Å². The number of nitrogens with zero attached hydrogens (tertiary/aromatic N) is 5. The second-order valence-electron chi connectivity index (χ2n) is 14.5. The maximum Gasteiger partial charge on any atom is 0.417 e. The lowest BCUT2D eigenvalue weighted by Gasteiger charge is -2.34. The zero-order chi connectivity index (χ0) is 38.8. The van der Waals surface area contributed by atoms with Crippen LogP contribution in [0.15, 0.2) is 66.9 Å². The summed E-state index contributed by atoms with van der Waals surface area (Å²) in [5.74, 6) is -0.732. The summed E-state index contributed by atoms with van der Waals surface area (Å²) in [5, 5.41) is 5.20. The zero-order valence-electron chi connectivity index (χ0n) is 31.7. The van der Waals surface area contributed by atoms with E-state index in [1.807, 2.05) is 44.3 Å². The largest absolute Gasteiger partial charge is 0.468 e. The summed E-state index contributed by atoms with van der Waals surface area (Å²) in [6.45, 7) is 3.80. The molecule has 2 unspecified atom stereocenters. The Balaban J connectivity index is 1.11. The molecular formula is C42H45FN6O7. The average Bonchev–Trinajstić information content (AvgIpc) is 3.71. The van der Waals surface area contributed by atoms with Gasteiger partial charge < -0.3 is 29.0 Å². The molecule has 0 spiro atoms. The van der Waals surface area contributed by atoms with Crippen molar-refractivity contribution in [3.05, 3.63) is 83.8 Å². The van der Waals surface area contributed by atoms with Gasteiger partial charge in [0, 0.05) is 56.1 Å². The quantitative estimate of drug-likeness (QED) is 0.115. The number of carbonyl (C=O) groups excluding carboxylic acids is 2. The van der Waals surface area contributed by atoms with Crippen molar-refractivity contribution >= 4 is 33.7 Å². The summed E-state index contributed by atoms with van der Waals surface area (Å²) < 4.78 is 45.9. The number of rotatable bonds is 12. The van der Waals surface area contributed by atoms with Gasteiger partial charge in [-0.15, -0.1) is 0 Å². The van der Waals surface area contributed by atoms with Gasteiger partial charge in [0.25, 0.3) is 0 Å². The van der Waals surface area contributed by atoms with Crippen LogP contribution in [0.25, 0.3) is 32.9 Å². The number of likely N-dealkylation sites (N-methyl/N-ethyl adjacent to an activating group) is 1. The molecule has 1 N–H and O–H groups in total. The van der Waals surface area contributed by atoms with E-state index in [9.17, 15) is 9.59 Å². The third-order valence-electron chi connectivity index (χ3n) is 11.2. The van der Waals surface area contributed by atoms with Gasteiger partial charge in [-0.1, -0.05) is 43.3 Å². The first kappa shape index (κ1) is 37.5. The van der Waals surface area contributed by atoms with Crippen molar-refractivity contribution < 1.29 is 37.7 Å². The lowest BCUT2D eigenvalue weighted by atomic mass is 9.95. The predicted molar refractivity (Wildman–Crippen MR) is 206 cm³/mol. The van der Waals surface area contributed by atoms with Crippen LogP contribution in [0.1, 0.15) is 48.5 Å². The Morgan fingerprint density at radius 2 is 1.70 bits per heavy atom. The van der Waals surface area contributed by atoms with E-state index in [-0.39, 0.29) is 78.6 Å². The second kappa shape index (κ2) is 16.3. The highest BCUT2D eigenvalue weighted by Crippen LogP contribution is 2.39. The molecule has 1 amide bonds. The maximum absolute atomic E-state index is 17.1. The number of carbonyl (C=O) groups is 2. The summed E-state index contributed by atoms with van der Waals surface area (Å²) in [5.41, 5.74) is 1.99. The van der Waals surface area contributed by atoms with Gasteiger partial charge in [-0.2, -0.15) is 9.97 Å². The van der Waals surface area contributed by atoms with Crippen molar-refractivity contribution in [2.75, 3.05) is 47.3 Å². The first-order valence-electron chi connectivity index (χ1n) is 19.1. The van der Waals surface area contributed by atoms with Gasteiger partial charge in [0.1, 0.15) is 30.2 Å².